The van der Waals surface area contributed by atoms with Gasteiger partial charge < -0.3 is 14.0 Å². The van der Waals surface area contributed by atoms with Crippen molar-refractivity contribution in [2.45, 2.75) is 51.0 Å². The number of halogens is 3. The lowest BCUT2D eigenvalue weighted by Crippen LogP contribution is -2.35. The molecule has 0 spiro atoms. The van der Waals surface area contributed by atoms with Crippen LogP contribution in [0.25, 0.3) is 11.0 Å². The molecule has 40 heavy (non-hydrogen) atoms. The van der Waals surface area contributed by atoms with E-state index in [0.29, 0.717) is 29.4 Å². The van der Waals surface area contributed by atoms with Crippen LogP contribution < -0.4 is 4.74 Å². The molecule has 0 bridgehead atoms. The summed E-state index contributed by atoms with van der Waals surface area (Å²) in [7, 11) is 0. The highest BCUT2D eigenvalue weighted by molar-refractivity contribution is 6.30. The van der Waals surface area contributed by atoms with Crippen LogP contribution in [-0.4, -0.2) is 45.2 Å². The molecule has 2 fully saturated rings. The van der Waals surface area contributed by atoms with Gasteiger partial charge in [-0.1, -0.05) is 23.7 Å². The van der Waals surface area contributed by atoms with Crippen LogP contribution in [0.5, 0.6) is 5.75 Å². The van der Waals surface area contributed by atoms with E-state index in [2.05, 4.69) is 20.5 Å². The maximum Gasteiger partial charge on any atom is 0.165 e. The molecule has 0 N–H and O–H groups in total. The van der Waals surface area contributed by atoms with Gasteiger partial charge in [-0.3, -0.25) is 4.90 Å². The minimum atomic E-state index is -0.480. The van der Waals surface area contributed by atoms with Crippen LogP contribution in [0.15, 0.2) is 48.7 Å². The Morgan fingerprint density at radius 2 is 1.90 bits per heavy atom. The zero-order valence-corrected chi connectivity index (χ0v) is 22.6. The minimum absolute atomic E-state index is 0.0832. The van der Waals surface area contributed by atoms with Gasteiger partial charge in [-0.05, 0) is 68.1 Å². The van der Waals surface area contributed by atoms with Crippen molar-refractivity contribution in [1.29, 1.82) is 5.26 Å². The first-order chi connectivity index (χ1) is 19.5. The first-order valence-electron chi connectivity index (χ1n) is 13.4. The summed E-state index contributed by atoms with van der Waals surface area (Å²) < 4.78 is 42.2. The Kier molecular flexibility index (Phi) is 7.65. The minimum Gasteiger partial charge on any atom is -0.486 e. The molecule has 10 heteroatoms. The number of hydrogen-bond acceptors (Lipinski definition) is 6. The number of fused-ring (bicyclic) bond motifs is 1. The smallest absolute Gasteiger partial charge is 0.165 e. The van der Waals surface area contributed by atoms with Gasteiger partial charge in [0.05, 0.1) is 36.4 Å². The zero-order valence-electron chi connectivity index (χ0n) is 21.8. The largest absolute Gasteiger partial charge is 0.486 e. The molecule has 0 saturated carbocycles. The van der Waals surface area contributed by atoms with E-state index >= 15 is 0 Å². The number of benzene rings is 2. The van der Waals surface area contributed by atoms with E-state index in [1.807, 2.05) is 6.07 Å². The number of pyridine rings is 1. The highest BCUT2D eigenvalue weighted by atomic mass is 35.5. The number of imidazole rings is 1. The number of aromatic nitrogens is 3. The Morgan fingerprint density at radius 3 is 2.62 bits per heavy atom. The third-order valence-electron chi connectivity index (χ3n) is 7.79. The molecule has 0 unspecified atom stereocenters. The van der Waals surface area contributed by atoms with Crippen LogP contribution >= 0.6 is 11.6 Å². The molecule has 0 aliphatic carbocycles. The van der Waals surface area contributed by atoms with E-state index in [-0.39, 0.29) is 24.4 Å². The highest BCUT2D eigenvalue weighted by Crippen LogP contribution is 2.33. The molecule has 0 radical (unpaired) electrons. The molecule has 7 nitrogen and oxygen atoms in total. The zero-order chi connectivity index (χ0) is 27.6. The maximum absolute atomic E-state index is 14.5. The molecule has 2 aromatic heterocycles. The van der Waals surface area contributed by atoms with Crippen LogP contribution in [0.2, 0.25) is 5.02 Å². The number of piperidine rings is 1. The van der Waals surface area contributed by atoms with Gasteiger partial charge in [-0.15, -0.1) is 0 Å². The Hall–Kier alpha value is -3.58. The monoisotopic (exact) mass is 563 g/mol. The van der Waals surface area contributed by atoms with Crippen LogP contribution in [0.3, 0.4) is 0 Å². The van der Waals surface area contributed by atoms with E-state index in [9.17, 15) is 14.0 Å². The molecule has 2 saturated heterocycles. The summed E-state index contributed by atoms with van der Waals surface area (Å²) >= 11 is 5.82. The Morgan fingerprint density at radius 1 is 1.07 bits per heavy atom. The Labute approximate surface area is 235 Å². The second kappa shape index (κ2) is 11.5. The fourth-order valence-corrected chi connectivity index (χ4v) is 5.55. The molecule has 0 amide bonds. The lowest BCUT2D eigenvalue weighted by molar-refractivity contribution is -0.0592. The highest BCUT2D eigenvalue weighted by Gasteiger charge is 2.26. The lowest BCUT2D eigenvalue weighted by atomic mass is 9.89. The molecule has 4 heterocycles. The molecule has 2 aromatic carbocycles. The molecule has 4 aromatic rings. The Bertz CT molecular complexity index is 1570. The number of nitriles is 1. The molecule has 2 aliphatic heterocycles. The number of rotatable bonds is 8. The second-order valence-electron chi connectivity index (χ2n) is 10.4. The lowest BCUT2D eigenvalue weighted by Gasteiger charge is -2.33. The summed E-state index contributed by atoms with van der Waals surface area (Å²) in [6.45, 7) is 3.82. The predicted octanol–water partition coefficient (Wildman–Crippen LogP) is 5.98. The van der Waals surface area contributed by atoms with Crippen molar-refractivity contribution in [1.82, 2.24) is 19.4 Å². The van der Waals surface area contributed by atoms with Gasteiger partial charge in [0, 0.05) is 23.3 Å². The number of nitrogens with zero attached hydrogens (tertiary/aromatic N) is 5. The average molecular weight is 564 g/mol. The van der Waals surface area contributed by atoms with Crippen molar-refractivity contribution in [2.75, 3.05) is 19.7 Å². The van der Waals surface area contributed by atoms with Crippen molar-refractivity contribution in [3.8, 4) is 11.8 Å². The van der Waals surface area contributed by atoms with Gasteiger partial charge in [0.25, 0.3) is 0 Å². The predicted molar refractivity (Wildman–Crippen MR) is 146 cm³/mol. The molecule has 1 atom stereocenters. The quantitative estimate of drug-likeness (QED) is 0.262. The van der Waals surface area contributed by atoms with Gasteiger partial charge in [0.2, 0.25) is 0 Å². The Balaban J connectivity index is 1.12. The van der Waals surface area contributed by atoms with Crippen molar-refractivity contribution in [3.63, 3.8) is 0 Å². The van der Waals surface area contributed by atoms with Gasteiger partial charge in [0.15, 0.2) is 11.6 Å². The first kappa shape index (κ1) is 26.6. The molecule has 2 aliphatic rings. The normalized spacial score (nSPS) is 18.0. The maximum atomic E-state index is 14.5. The fraction of sp³-hybridized carbons (Fsp3) is 0.367. The molecule has 206 valence electrons. The van der Waals surface area contributed by atoms with Gasteiger partial charge >= 0.3 is 0 Å². The average Bonchev–Trinajstić information content (AvgIpc) is 3.27. The van der Waals surface area contributed by atoms with Gasteiger partial charge in [-0.25, -0.2) is 18.7 Å². The topological polar surface area (TPSA) is 76.2 Å². The van der Waals surface area contributed by atoms with Crippen LogP contribution in [-0.2, 0) is 24.4 Å². The summed E-state index contributed by atoms with van der Waals surface area (Å²) in [5.74, 6) is 0.362. The van der Waals surface area contributed by atoms with Crippen molar-refractivity contribution < 1.29 is 18.3 Å². The van der Waals surface area contributed by atoms with Gasteiger partial charge in [-0.2, -0.15) is 5.26 Å². The second-order valence-corrected chi connectivity index (χ2v) is 10.8. The first-order valence-corrected chi connectivity index (χ1v) is 13.8. The summed E-state index contributed by atoms with van der Waals surface area (Å²) in [6, 6.07) is 13.1. The fourth-order valence-electron chi connectivity index (χ4n) is 5.39. The molecule has 6 rings (SSSR count). The number of ether oxygens (including phenoxy) is 2. The summed E-state index contributed by atoms with van der Waals surface area (Å²) in [4.78, 5) is 11.5. The van der Waals surface area contributed by atoms with E-state index in [4.69, 9.17) is 26.1 Å². The van der Waals surface area contributed by atoms with E-state index in [1.54, 1.807) is 30.5 Å². The summed E-state index contributed by atoms with van der Waals surface area (Å²) in [5.41, 5.74) is 3.37. The van der Waals surface area contributed by atoms with E-state index < -0.39 is 11.6 Å². The van der Waals surface area contributed by atoms with Crippen molar-refractivity contribution in [2.24, 2.45) is 0 Å². The van der Waals surface area contributed by atoms with E-state index in [1.165, 1.54) is 12.1 Å². The van der Waals surface area contributed by atoms with Crippen molar-refractivity contribution in [3.05, 3.63) is 88.0 Å². The van der Waals surface area contributed by atoms with Crippen molar-refractivity contribution >= 4 is 22.6 Å². The van der Waals surface area contributed by atoms with Gasteiger partial charge in [0.1, 0.15) is 30.0 Å². The third kappa shape index (κ3) is 5.66. The standard InChI is InChI=1S/C30H28ClF2N5O2/c31-22-3-1-21(26(33)12-22)18-40-29-11-20(2-4-25(29)32)19-5-8-37(9-6-19)17-30-36-27-13-23(14-34)35-15-28(27)38(30)16-24-7-10-39-24/h1-4,11-13,15,19,24H,5-10,16-18H2/t24-/m0/s1. The molecular formula is C30H28ClF2N5O2. The van der Waals surface area contributed by atoms with E-state index in [0.717, 1.165) is 61.4 Å². The van der Waals surface area contributed by atoms with Crippen LogP contribution in [0.4, 0.5) is 8.78 Å². The van der Waals surface area contributed by atoms with Crippen LogP contribution in [0, 0.1) is 23.0 Å². The summed E-state index contributed by atoms with van der Waals surface area (Å²) in [5, 5.41) is 9.56. The molecular weight excluding hydrogens is 536 g/mol. The summed E-state index contributed by atoms with van der Waals surface area (Å²) in [6.07, 6.45) is 4.73. The third-order valence-corrected chi connectivity index (χ3v) is 8.02. The SMILES string of the molecule is N#Cc1cc2nc(CN3CCC(c4ccc(F)c(OCc5ccc(Cl)cc5F)c4)CC3)n(C[C@@H]3CCO3)c2cn1. The number of likely N-dealkylation sites (tertiary alicyclic amines) is 1. The van der Waals surface area contributed by atoms with Crippen LogP contribution in [0.1, 0.15) is 47.8 Å². The number of hydrogen-bond donors (Lipinski definition) is 0.